The van der Waals surface area contributed by atoms with Crippen molar-refractivity contribution in [1.82, 2.24) is 21.3 Å². The summed E-state index contributed by atoms with van der Waals surface area (Å²) in [5.74, 6) is 0. The summed E-state index contributed by atoms with van der Waals surface area (Å²) >= 11 is 0. The summed E-state index contributed by atoms with van der Waals surface area (Å²) in [6.07, 6.45) is 4.80. The summed E-state index contributed by atoms with van der Waals surface area (Å²) in [7, 11) is 0. The molecule has 0 aromatic heterocycles. The highest BCUT2D eigenvalue weighted by Crippen LogP contribution is 2.16. The third kappa shape index (κ3) is 9.03. The van der Waals surface area contributed by atoms with Gasteiger partial charge in [-0.3, -0.25) is 0 Å². The molecule has 190 valence electrons. The fourth-order valence-corrected chi connectivity index (χ4v) is 4.59. The minimum absolute atomic E-state index is 0.940. The van der Waals surface area contributed by atoms with Gasteiger partial charge in [0.1, 0.15) is 0 Å². The van der Waals surface area contributed by atoms with Gasteiger partial charge in [-0.15, -0.1) is 0 Å². The van der Waals surface area contributed by atoms with E-state index in [4.69, 9.17) is 0 Å². The van der Waals surface area contributed by atoms with Gasteiger partial charge in [-0.1, -0.05) is 72.8 Å². The first kappa shape index (κ1) is 26.3. The standard InChI is InChI=1S/C32H42N4/c1-3-11-31-23-27(13-15-29(31)9-1)25-35-21-7-19-33-17-5-6-18-34-20-8-22-36-26-28-14-16-30-10-2-4-12-32(30)24-28/h1-4,9-16,23-24,33-36H,5-8,17-22,25-26H2. The highest BCUT2D eigenvalue weighted by atomic mass is 14.9. The van der Waals surface area contributed by atoms with Crippen molar-refractivity contribution >= 4 is 21.5 Å². The summed E-state index contributed by atoms with van der Waals surface area (Å²) in [4.78, 5) is 0. The van der Waals surface area contributed by atoms with Crippen molar-refractivity contribution in [2.75, 3.05) is 39.3 Å². The molecule has 0 unspecified atom stereocenters. The van der Waals surface area contributed by atoms with E-state index < -0.39 is 0 Å². The molecule has 0 aliphatic carbocycles. The number of benzene rings is 4. The summed E-state index contributed by atoms with van der Waals surface area (Å²) in [5, 5.41) is 19.5. The topological polar surface area (TPSA) is 48.1 Å². The number of hydrogen-bond donors (Lipinski definition) is 4. The maximum absolute atomic E-state index is 3.58. The van der Waals surface area contributed by atoms with Gasteiger partial charge in [0.05, 0.1) is 0 Å². The molecule has 0 fully saturated rings. The number of nitrogens with one attached hydrogen (secondary N) is 4. The Labute approximate surface area is 216 Å². The highest BCUT2D eigenvalue weighted by molar-refractivity contribution is 5.83. The normalized spacial score (nSPS) is 11.4. The van der Waals surface area contributed by atoms with Crippen LogP contribution in [-0.4, -0.2) is 39.3 Å². The Hall–Kier alpha value is -2.76. The molecule has 36 heavy (non-hydrogen) atoms. The molecular formula is C32H42N4. The molecule has 0 amide bonds. The van der Waals surface area contributed by atoms with Crippen LogP contribution >= 0.6 is 0 Å². The number of fused-ring (bicyclic) bond motifs is 2. The van der Waals surface area contributed by atoms with Crippen molar-refractivity contribution in [1.29, 1.82) is 0 Å². The Morgan fingerprint density at radius 2 is 0.750 bits per heavy atom. The van der Waals surface area contributed by atoms with Crippen LogP contribution < -0.4 is 21.3 Å². The summed E-state index contributed by atoms with van der Waals surface area (Å²) < 4.78 is 0. The SMILES string of the molecule is c1ccc2cc(CNCCCNCCCCNCCCNCc3ccc4ccccc4c3)ccc2c1. The lowest BCUT2D eigenvalue weighted by Crippen LogP contribution is -2.24. The van der Waals surface area contributed by atoms with Crippen LogP contribution in [0, 0.1) is 0 Å². The quantitative estimate of drug-likeness (QED) is 0.148. The van der Waals surface area contributed by atoms with Crippen LogP contribution in [0.2, 0.25) is 0 Å². The molecule has 0 saturated carbocycles. The van der Waals surface area contributed by atoms with Crippen molar-refractivity contribution in [3.8, 4) is 0 Å². The van der Waals surface area contributed by atoms with Gasteiger partial charge in [0.15, 0.2) is 0 Å². The Bertz CT molecular complexity index is 1080. The summed E-state index contributed by atoms with van der Waals surface area (Å²) in [6, 6.07) is 30.6. The molecule has 4 N–H and O–H groups in total. The predicted molar refractivity (Wildman–Crippen MR) is 156 cm³/mol. The van der Waals surface area contributed by atoms with Crippen LogP contribution in [0.3, 0.4) is 0 Å². The predicted octanol–water partition coefficient (Wildman–Crippen LogP) is 5.61. The zero-order chi connectivity index (χ0) is 24.7. The minimum Gasteiger partial charge on any atom is -0.317 e. The van der Waals surface area contributed by atoms with E-state index in [9.17, 15) is 0 Å². The van der Waals surface area contributed by atoms with Gasteiger partial charge in [0.25, 0.3) is 0 Å². The largest absolute Gasteiger partial charge is 0.317 e. The molecule has 4 nitrogen and oxygen atoms in total. The van der Waals surface area contributed by atoms with Crippen LogP contribution in [0.1, 0.15) is 36.8 Å². The molecule has 0 aliphatic heterocycles. The number of rotatable bonds is 17. The lowest BCUT2D eigenvalue weighted by Gasteiger charge is -2.09. The van der Waals surface area contributed by atoms with Crippen LogP contribution in [0.25, 0.3) is 21.5 Å². The first-order chi connectivity index (χ1) is 17.9. The molecule has 0 aliphatic rings. The first-order valence-corrected chi connectivity index (χ1v) is 13.7. The zero-order valence-electron chi connectivity index (χ0n) is 21.6. The Kier molecular flexibility index (Phi) is 11.2. The Balaban J connectivity index is 0.911. The number of unbranched alkanes of at least 4 members (excludes halogenated alkanes) is 1. The molecule has 0 bridgehead atoms. The lowest BCUT2D eigenvalue weighted by molar-refractivity contribution is 0.547. The second-order valence-electron chi connectivity index (χ2n) is 9.63. The van der Waals surface area contributed by atoms with Gasteiger partial charge in [-0.05, 0) is 110 Å². The molecular weight excluding hydrogens is 440 g/mol. The van der Waals surface area contributed by atoms with E-state index in [2.05, 4.69) is 106 Å². The average Bonchev–Trinajstić information content (AvgIpc) is 2.92. The Morgan fingerprint density at radius 3 is 1.22 bits per heavy atom. The fraction of sp³-hybridized carbons (Fsp3) is 0.375. The minimum atomic E-state index is 0.940. The number of hydrogen-bond acceptors (Lipinski definition) is 4. The third-order valence-electron chi connectivity index (χ3n) is 6.66. The van der Waals surface area contributed by atoms with E-state index in [1.54, 1.807) is 0 Å². The van der Waals surface area contributed by atoms with Gasteiger partial charge in [-0.2, -0.15) is 0 Å². The molecule has 0 saturated heterocycles. The van der Waals surface area contributed by atoms with Crippen LogP contribution in [0.15, 0.2) is 84.9 Å². The van der Waals surface area contributed by atoms with Crippen LogP contribution in [0.5, 0.6) is 0 Å². The molecule has 4 rings (SSSR count). The molecule has 4 heteroatoms. The second kappa shape index (κ2) is 15.4. The monoisotopic (exact) mass is 482 g/mol. The molecule has 0 radical (unpaired) electrons. The zero-order valence-corrected chi connectivity index (χ0v) is 21.6. The molecule has 0 spiro atoms. The van der Waals surface area contributed by atoms with Gasteiger partial charge in [-0.25, -0.2) is 0 Å². The van der Waals surface area contributed by atoms with Gasteiger partial charge < -0.3 is 21.3 Å². The lowest BCUT2D eigenvalue weighted by atomic mass is 10.1. The molecule has 0 atom stereocenters. The van der Waals surface area contributed by atoms with Crippen molar-refractivity contribution in [2.24, 2.45) is 0 Å². The first-order valence-electron chi connectivity index (χ1n) is 13.7. The van der Waals surface area contributed by atoms with E-state index >= 15 is 0 Å². The van der Waals surface area contributed by atoms with Crippen molar-refractivity contribution in [3.05, 3.63) is 96.1 Å². The maximum atomic E-state index is 3.58. The van der Waals surface area contributed by atoms with Gasteiger partial charge >= 0.3 is 0 Å². The van der Waals surface area contributed by atoms with Crippen molar-refractivity contribution in [2.45, 2.75) is 38.8 Å². The fourth-order valence-electron chi connectivity index (χ4n) is 4.59. The Morgan fingerprint density at radius 1 is 0.361 bits per heavy atom. The van der Waals surface area contributed by atoms with Gasteiger partial charge in [0, 0.05) is 13.1 Å². The summed E-state index contributed by atoms with van der Waals surface area (Å²) in [6.45, 7) is 8.37. The van der Waals surface area contributed by atoms with Crippen LogP contribution in [-0.2, 0) is 13.1 Å². The highest BCUT2D eigenvalue weighted by Gasteiger charge is 1.98. The van der Waals surface area contributed by atoms with E-state index in [1.807, 2.05) is 0 Å². The van der Waals surface area contributed by atoms with E-state index in [0.717, 1.165) is 65.2 Å². The van der Waals surface area contributed by atoms with E-state index in [0.29, 0.717) is 0 Å². The molecule has 0 heterocycles. The van der Waals surface area contributed by atoms with E-state index in [-0.39, 0.29) is 0 Å². The van der Waals surface area contributed by atoms with E-state index in [1.165, 1.54) is 45.5 Å². The third-order valence-corrected chi connectivity index (χ3v) is 6.66. The van der Waals surface area contributed by atoms with Crippen LogP contribution in [0.4, 0.5) is 0 Å². The molecule has 4 aromatic rings. The van der Waals surface area contributed by atoms with Gasteiger partial charge in [0.2, 0.25) is 0 Å². The maximum Gasteiger partial charge on any atom is 0.0205 e. The molecule has 4 aromatic carbocycles. The second-order valence-corrected chi connectivity index (χ2v) is 9.63. The van der Waals surface area contributed by atoms with Crippen molar-refractivity contribution in [3.63, 3.8) is 0 Å². The van der Waals surface area contributed by atoms with Crippen molar-refractivity contribution < 1.29 is 0 Å². The summed E-state index contributed by atoms with van der Waals surface area (Å²) in [5.41, 5.74) is 2.71. The smallest absolute Gasteiger partial charge is 0.0205 e. The average molecular weight is 483 g/mol.